The fourth-order valence-corrected chi connectivity index (χ4v) is 1.79. The molecule has 4 amide bonds. The predicted molar refractivity (Wildman–Crippen MR) is 86.3 cm³/mol. The van der Waals surface area contributed by atoms with Crippen LogP contribution in [0.3, 0.4) is 0 Å². The Bertz CT molecular complexity index is 545. The van der Waals surface area contributed by atoms with E-state index in [2.05, 4.69) is 16.0 Å². The van der Waals surface area contributed by atoms with Crippen molar-refractivity contribution in [1.82, 2.24) is 15.5 Å². The summed E-state index contributed by atoms with van der Waals surface area (Å²) >= 11 is 0. The minimum absolute atomic E-state index is 0.0227. The second-order valence-corrected chi connectivity index (χ2v) is 4.86. The maximum atomic E-state index is 11.9. The van der Waals surface area contributed by atoms with Crippen LogP contribution in [0.2, 0.25) is 0 Å². The molecule has 0 bridgehead atoms. The number of nitrogens with zero attached hydrogens (tertiary/aromatic N) is 1. The highest BCUT2D eigenvalue weighted by atomic mass is 16.5. The first-order valence-electron chi connectivity index (χ1n) is 7.14. The molecule has 0 heterocycles. The normalized spacial score (nSPS) is 10.1. The van der Waals surface area contributed by atoms with Crippen molar-refractivity contribution >= 4 is 23.5 Å². The van der Waals surface area contributed by atoms with E-state index in [1.54, 1.807) is 45.3 Å². The third kappa shape index (κ3) is 7.28. The number of carbonyl (C=O) groups is 3. The Morgan fingerprint density at radius 2 is 1.70 bits per heavy atom. The van der Waals surface area contributed by atoms with E-state index < -0.39 is 11.9 Å². The van der Waals surface area contributed by atoms with Gasteiger partial charge < -0.3 is 15.4 Å². The second-order valence-electron chi connectivity index (χ2n) is 4.86. The average molecular weight is 322 g/mol. The maximum Gasteiger partial charge on any atom is 0.321 e. The standard InChI is InChI=1S/C15H22N4O4/c1-4-16-15(22)18-14(21)10-19(2)9-13(20)17-11-5-7-12(23-3)8-6-11/h5-8H,4,9-10H2,1-3H3,(H,17,20)(H2,16,18,21,22). The van der Waals surface area contributed by atoms with Crippen molar-refractivity contribution < 1.29 is 19.1 Å². The van der Waals surface area contributed by atoms with Gasteiger partial charge in [-0.15, -0.1) is 0 Å². The van der Waals surface area contributed by atoms with Crippen molar-refractivity contribution in [3.8, 4) is 5.75 Å². The first-order valence-corrected chi connectivity index (χ1v) is 7.14. The van der Waals surface area contributed by atoms with Crippen LogP contribution in [0.25, 0.3) is 0 Å². The van der Waals surface area contributed by atoms with Crippen LogP contribution in [-0.4, -0.2) is 56.5 Å². The zero-order valence-electron chi connectivity index (χ0n) is 13.5. The van der Waals surface area contributed by atoms with Crippen molar-refractivity contribution in [3.63, 3.8) is 0 Å². The molecule has 0 saturated carbocycles. The quantitative estimate of drug-likeness (QED) is 0.675. The number of methoxy groups -OCH3 is 1. The Labute approximate surface area is 135 Å². The summed E-state index contributed by atoms with van der Waals surface area (Å²) in [7, 11) is 3.18. The number of hydrogen-bond acceptors (Lipinski definition) is 5. The van der Waals surface area contributed by atoms with E-state index in [9.17, 15) is 14.4 Å². The van der Waals surface area contributed by atoms with Gasteiger partial charge in [-0.05, 0) is 38.2 Å². The number of carbonyl (C=O) groups excluding carboxylic acids is 3. The van der Waals surface area contributed by atoms with Crippen LogP contribution < -0.4 is 20.7 Å². The molecule has 0 fully saturated rings. The lowest BCUT2D eigenvalue weighted by Crippen LogP contribution is -2.44. The number of ether oxygens (including phenoxy) is 1. The molecular formula is C15H22N4O4. The number of nitrogens with one attached hydrogen (secondary N) is 3. The Balaban J connectivity index is 2.37. The molecule has 0 unspecified atom stereocenters. The van der Waals surface area contributed by atoms with Gasteiger partial charge in [0.15, 0.2) is 0 Å². The average Bonchev–Trinajstić information content (AvgIpc) is 2.47. The first kappa shape index (κ1) is 18.4. The van der Waals surface area contributed by atoms with Gasteiger partial charge in [-0.1, -0.05) is 0 Å². The molecule has 23 heavy (non-hydrogen) atoms. The van der Waals surface area contributed by atoms with E-state index in [1.807, 2.05) is 0 Å². The molecule has 1 aromatic rings. The predicted octanol–water partition coefficient (Wildman–Crippen LogP) is 0.411. The SMILES string of the molecule is CCNC(=O)NC(=O)CN(C)CC(=O)Nc1ccc(OC)cc1. The molecule has 0 atom stereocenters. The van der Waals surface area contributed by atoms with Gasteiger partial charge in [-0.25, -0.2) is 4.79 Å². The maximum absolute atomic E-state index is 11.9. The van der Waals surface area contributed by atoms with Crippen LogP contribution in [0, 0.1) is 0 Å². The van der Waals surface area contributed by atoms with Crippen LogP contribution in [-0.2, 0) is 9.59 Å². The third-order valence-corrected chi connectivity index (χ3v) is 2.79. The molecule has 8 nitrogen and oxygen atoms in total. The van der Waals surface area contributed by atoms with Crippen molar-refractivity contribution in [2.24, 2.45) is 0 Å². The molecule has 126 valence electrons. The van der Waals surface area contributed by atoms with Crippen LogP contribution in [0.15, 0.2) is 24.3 Å². The molecular weight excluding hydrogens is 300 g/mol. The van der Waals surface area contributed by atoms with Gasteiger partial charge in [0.05, 0.1) is 20.2 Å². The molecule has 8 heteroatoms. The summed E-state index contributed by atoms with van der Waals surface area (Å²) in [6.07, 6.45) is 0. The largest absolute Gasteiger partial charge is 0.497 e. The van der Waals surface area contributed by atoms with Gasteiger partial charge in [-0.2, -0.15) is 0 Å². The summed E-state index contributed by atoms with van der Waals surface area (Å²) in [6.45, 7) is 2.14. The van der Waals surface area contributed by atoms with Crippen molar-refractivity contribution in [3.05, 3.63) is 24.3 Å². The van der Waals surface area contributed by atoms with Crippen LogP contribution in [0.4, 0.5) is 10.5 Å². The Morgan fingerprint density at radius 3 is 2.26 bits per heavy atom. The van der Waals surface area contributed by atoms with Crippen LogP contribution in [0.1, 0.15) is 6.92 Å². The fourth-order valence-electron chi connectivity index (χ4n) is 1.79. The summed E-state index contributed by atoms with van der Waals surface area (Å²) < 4.78 is 5.03. The Morgan fingerprint density at radius 1 is 1.09 bits per heavy atom. The Hall–Kier alpha value is -2.61. The number of imide groups is 1. The smallest absolute Gasteiger partial charge is 0.321 e. The lowest BCUT2D eigenvalue weighted by Gasteiger charge is -2.15. The summed E-state index contributed by atoms with van der Waals surface area (Å²) in [5.41, 5.74) is 0.635. The molecule has 3 N–H and O–H groups in total. The molecule has 0 aliphatic rings. The lowest BCUT2D eigenvalue weighted by atomic mass is 10.3. The van der Waals surface area contributed by atoms with Gasteiger partial charge >= 0.3 is 6.03 Å². The topological polar surface area (TPSA) is 99.8 Å². The zero-order chi connectivity index (χ0) is 17.2. The first-order chi connectivity index (χ1) is 10.9. The second kappa shape index (κ2) is 9.42. The summed E-state index contributed by atoms with van der Waals surface area (Å²) in [5.74, 6) is -0.0404. The molecule has 0 aliphatic carbocycles. The van der Waals surface area contributed by atoms with Gasteiger partial charge in [0.25, 0.3) is 0 Å². The third-order valence-electron chi connectivity index (χ3n) is 2.79. The summed E-state index contributed by atoms with van der Waals surface area (Å²) in [5, 5.41) is 7.34. The lowest BCUT2D eigenvalue weighted by molar-refractivity contribution is -0.122. The van der Waals surface area contributed by atoms with Gasteiger partial charge in [-0.3, -0.25) is 19.8 Å². The molecule has 1 aromatic carbocycles. The van der Waals surface area contributed by atoms with Crippen molar-refractivity contribution in [1.29, 1.82) is 0 Å². The van der Waals surface area contributed by atoms with Gasteiger partial charge in [0.2, 0.25) is 11.8 Å². The van der Waals surface area contributed by atoms with Crippen LogP contribution >= 0.6 is 0 Å². The Kier molecular flexibility index (Phi) is 7.55. The molecule has 0 spiro atoms. The van der Waals surface area contributed by atoms with E-state index in [4.69, 9.17) is 4.74 Å². The van der Waals surface area contributed by atoms with E-state index in [-0.39, 0.29) is 19.0 Å². The van der Waals surface area contributed by atoms with E-state index in [1.165, 1.54) is 4.90 Å². The molecule has 0 saturated heterocycles. The number of urea groups is 1. The van der Waals surface area contributed by atoms with Gasteiger partial charge in [0, 0.05) is 12.2 Å². The monoisotopic (exact) mass is 322 g/mol. The highest BCUT2D eigenvalue weighted by Crippen LogP contribution is 2.14. The number of rotatable bonds is 7. The number of likely N-dealkylation sites (N-methyl/N-ethyl adjacent to an activating group) is 1. The van der Waals surface area contributed by atoms with E-state index >= 15 is 0 Å². The molecule has 0 aromatic heterocycles. The van der Waals surface area contributed by atoms with Crippen molar-refractivity contribution in [2.75, 3.05) is 39.1 Å². The molecule has 1 rings (SSSR count). The zero-order valence-corrected chi connectivity index (χ0v) is 13.5. The van der Waals surface area contributed by atoms with E-state index in [0.717, 1.165) is 0 Å². The number of anilines is 1. The van der Waals surface area contributed by atoms with Crippen molar-refractivity contribution in [2.45, 2.75) is 6.92 Å². The highest BCUT2D eigenvalue weighted by molar-refractivity contribution is 5.96. The van der Waals surface area contributed by atoms with E-state index in [0.29, 0.717) is 18.0 Å². The number of amides is 4. The van der Waals surface area contributed by atoms with Gasteiger partial charge in [0.1, 0.15) is 5.75 Å². The minimum Gasteiger partial charge on any atom is -0.497 e. The summed E-state index contributed by atoms with van der Waals surface area (Å²) in [6, 6.07) is 6.36. The molecule has 0 aliphatic heterocycles. The summed E-state index contributed by atoms with van der Waals surface area (Å²) in [4.78, 5) is 36.2. The van der Waals surface area contributed by atoms with Crippen LogP contribution in [0.5, 0.6) is 5.75 Å². The fraction of sp³-hybridized carbons (Fsp3) is 0.400. The number of benzene rings is 1. The molecule has 0 radical (unpaired) electrons. The highest BCUT2D eigenvalue weighted by Gasteiger charge is 2.12. The minimum atomic E-state index is -0.548. The number of hydrogen-bond donors (Lipinski definition) is 3.